The van der Waals surface area contributed by atoms with Crippen LogP contribution in [0.25, 0.3) is 77.3 Å². The summed E-state index contributed by atoms with van der Waals surface area (Å²) in [7, 11) is 0. The Morgan fingerprint density at radius 1 is 0.221 bits per heavy atom. The number of benzene rings is 11. The van der Waals surface area contributed by atoms with Crippen molar-refractivity contribution in [3.05, 3.63) is 267 Å². The molecule has 4 heteroatoms. The molecule has 0 saturated heterocycles. The summed E-state index contributed by atoms with van der Waals surface area (Å²) in [5.74, 6) is 0. The molecule has 4 nitrogen and oxygen atoms in total. The van der Waals surface area contributed by atoms with E-state index < -0.39 is 0 Å². The fourth-order valence-electron chi connectivity index (χ4n) is 9.41. The zero-order chi connectivity index (χ0) is 45.2. The lowest BCUT2D eigenvalue weighted by molar-refractivity contribution is 1.25. The minimum absolute atomic E-state index is 0.788. The lowest BCUT2D eigenvalue weighted by Crippen LogP contribution is -2.14. The van der Waals surface area contributed by atoms with Crippen molar-refractivity contribution in [1.82, 2.24) is 9.97 Å². The zero-order valence-corrected chi connectivity index (χ0v) is 37.2. The van der Waals surface area contributed by atoms with Crippen LogP contribution < -0.4 is 9.80 Å². The van der Waals surface area contributed by atoms with Crippen LogP contribution in [-0.4, -0.2) is 9.97 Å². The summed E-state index contributed by atoms with van der Waals surface area (Å²) in [5, 5.41) is 2.18. The predicted molar refractivity (Wildman–Crippen MR) is 286 cm³/mol. The van der Waals surface area contributed by atoms with E-state index >= 15 is 0 Å². The molecule has 0 aliphatic carbocycles. The highest BCUT2D eigenvalue weighted by atomic mass is 15.2. The van der Waals surface area contributed by atoms with Crippen molar-refractivity contribution in [2.75, 3.05) is 9.80 Å². The summed E-state index contributed by atoms with van der Waals surface area (Å²) < 4.78 is 0. The van der Waals surface area contributed by atoms with Crippen molar-refractivity contribution in [3.8, 4) is 44.5 Å². The van der Waals surface area contributed by atoms with E-state index in [4.69, 9.17) is 9.97 Å². The molecular formula is C64H44N4. The molecule has 12 aromatic rings. The summed E-state index contributed by atoms with van der Waals surface area (Å²) >= 11 is 0. The Kier molecular flexibility index (Phi) is 10.5. The molecule has 0 unspecified atom stereocenters. The topological polar surface area (TPSA) is 32.3 Å². The highest BCUT2D eigenvalue weighted by Crippen LogP contribution is 2.46. The lowest BCUT2D eigenvalue weighted by Gasteiger charge is -2.30. The zero-order valence-electron chi connectivity index (χ0n) is 37.2. The Bertz CT molecular complexity index is 3510. The summed E-state index contributed by atoms with van der Waals surface area (Å²) in [6.07, 6.45) is 0. The van der Waals surface area contributed by atoms with Crippen molar-refractivity contribution in [2.45, 2.75) is 0 Å². The maximum absolute atomic E-state index is 5.72. The second-order valence-electron chi connectivity index (χ2n) is 17.0. The van der Waals surface area contributed by atoms with Gasteiger partial charge in [0.15, 0.2) is 0 Å². The maximum atomic E-state index is 5.72. The third kappa shape index (κ3) is 7.70. The van der Waals surface area contributed by atoms with Gasteiger partial charge >= 0.3 is 0 Å². The van der Waals surface area contributed by atoms with E-state index in [2.05, 4.69) is 277 Å². The average molecular weight is 869 g/mol. The molecule has 0 atom stereocenters. The molecule has 11 aromatic carbocycles. The number of rotatable bonds is 10. The van der Waals surface area contributed by atoms with Gasteiger partial charge in [0.05, 0.1) is 22.4 Å². The third-order valence-electron chi connectivity index (χ3n) is 12.9. The van der Waals surface area contributed by atoms with E-state index in [-0.39, 0.29) is 0 Å². The molecule has 0 aliphatic heterocycles. The first kappa shape index (κ1) is 40.4. The molecule has 0 spiro atoms. The van der Waals surface area contributed by atoms with Gasteiger partial charge in [0.1, 0.15) is 11.0 Å². The largest absolute Gasteiger partial charge is 0.308 e. The number of hydrogen-bond acceptors (Lipinski definition) is 4. The first-order valence-electron chi connectivity index (χ1n) is 23.1. The normalized spacial score (nSPS) is 11.2. The first-order chi connectivity index (χ1) is 33.7. The van der Waals surface area contributed by atoms with Gasteiger partial charge < -0.3 is 9.80 Å². The smallest absolute Gasteiger partial charge is 0.116 e. The van der Waals surface area contributed by atoms with Crippen molar-refractivity contribution in [1.29, 1.82) is 0 Å². The van der Waals surface area contributed by atoms with Gasteiger partial charge in [-0.1, -0.05) is 200 Å². The van der Waals surface area contributed by atoms with Gasteiger partial charge in [-0.15, -0.1) is 0 Å². The summed E-state index contributed by atoms with van der Waals surface area (Å²) in [5.41, 5.74) is 18.4. The molecule has 0 fully saturated rings. The van der Waals surface area contributed by atoms with Crippen molar-refractivity contribution < 1.29 is 0 Å². The number of aromatic nitrogens is 2. The van der Waals surface area contributed by atoms with E-state index in [1.54, 1.807) is 0 Å². The molecule has 68 heavy (non-hydrogen) atoms. The fourth-order valence-corrected chi connectivity index (χ4v) is 9.41. The van der Waals surface area contributed by atoms with Crippen LogP contribution in [-0.2, 0) is 0 Å². The Morgan fingerprint density at radius 3 is 0.897 bits per heavy atom. The monoisotopic (exact) mass is 868 g/mol. The van der Waals surface area contributed by atoms with Crippen LogP contribution in [0.4, 0.5) is 34.1 Å². The van der Waals surface area contributed by atoms with Crippen LogP contribution in [0.1, 0.15) is 0 Å². The van der Waals surface area contributed by atoms with Gasteiger partial charge in [-0.2, -0.15) is 0 Å². The molecule has 0 radical (unpaired) electrons. The lowest BCUT2D eigenvalue weighted by atomic mass is 10.0. The van der Waals surface area contributed by atoms with E-state index in [1.807, 2.05) is 0 Å². The van der Waals surface area contributed by atoms with E-state index in [0.29, 0.717) is 0 Å². The van der Waals surface area contributed by atoms with Gasteiger partial charge in [-0.25, -0.2) is 9.97 Å². The van der Waals surface area contributed by atoms with Gasteiger partial charge in [-0.05, 0) is 117 Å². The standard InChI is InChI=1S/C64H44N4/c1-5-15-45(16-6-1)49-25-34-54(35-26-49)67(55-36-27-50(28-37-55)46-17-7-2-8-18-46)60-43-44-61(64-63(60)65-59-42-33-53-23-13-14-24-58(53)62(59)66-64)68(56-38-29-51(30-39-56)47-19-9-3-10-20-47)57-40-31-52(32-41-57)48-21-11-4-12-22-48/h1-44H. The van der Waals surface area contributed by atoms with E-state index in [9.17, 15) is 0 Å². The van der Waals surface area contributed by atoms with Crippen LogP contribution in [0.3, 0.4) is 0 Å². The van der Waals surface area contributed by atoms with Crippen molar-refractivity contribution in [2.24, 2.45) is 0 Å². The quantitative estimate of drug-likeness (QED) is 0.101. The molecule has 0 amide bonds. The fraction of sp³-hybridized carbons (Fsp3) is 0. The minimum Gasteiger partial charge on any atom is -0.308 e. The Morgan fingerprint density at radius 2 is 0.529 bits per heavy atom. The molecule has 0 saturated carbocycles. The Labute approximate surface area is 396 Å². The minimum atomic E-state index is 0.788. The summed E-state index contributed by atoms with van der Waals surface area (Å²) in [4.78, 5) is 16.0. The summed E-state index contributed by atoms with van der Waals surface area (Å²) in [6, 6.07) is 94.7. The molecule has 320 valence electrons. The van der Waals surface area contributed by atoms with Gasteiger partial charge in [0, 0.05) is 28.1 Å². The Balaban J connectivity index is 1.09. The van der Waals surface area contributed by atoms with Crippen molar-refractivity contribution >= 4 is 67.0 Å². The average Bonchev–Trinajstić information content (AvgIpc) is 3.43. The maximum Gasteiger partial charge on any atom is 0.116 e. The molecule has 1 heterocycles. The van der Waals surface area contributed by atoms with Crippen LogP contribution in [0.5, 0.6) is 0 Å². The highest BCUT2D eigenvalue weighted by Gasteiger charge is 2.24. The second kappa shape index (κ2) is 17.7. The van der Waals surface area contributed by atoms with Crippen LogP contribution in [0, 0.1) is 0 Å². The van der Waals surface area contributed by atoms with E-state index in [0.717, 1.165) is 89.2 Å². The van der Waals surface area contributed by atoms with Gasteiger partial charge in [-0.3, -0.25) is 0 Å². The third-order valence-corrected chi connectivity index (χ3v) is 12.9. The number of fused-ring (bicyclic) bond motifs is 4. The van der Waals surface area contributed by atoms with Crippen LogP contribution in [0.15, 0.2) is 267 Å². The first-order valence-corrected chi connectivity index (χ1v) is 23.1. The molecular weight excluding hydrogens is 825 g/mol. The highest BCUT2D eigenvalue weighted by molar-refractivity contribution is 6.11. The molecule has 0 bridgehead atoms. The molecule has 1 aromatic heterocycles. The molecule has 0 N–H and O–H groups in total. The second-order valence-corrected chi connectivity index (χ2v) is 17.0. The van der Waals surface area contributed by atoms with Crippen LogP contribution in [0.2, 0.25) is 0 Å². The van der Waals surface area contributed by atoms with Crippen LogP contribution >= 0.6 is 0 Å². The molecule has 0 aliphatic rings. The number of nitrogens with zero attached hydrogens (tertiary/aromatic N) is 4. The van der Waals surface area contributed by atoms with E-state index in [1.165, 1.54) is 22.3 Å². The summed E-state index contributed by atoms with van der Waals surface area (Å²) in [6.45, 7) is 0. The van der Waals surface area contributed by atoms with Gasteiger partial charge in [0.25, 0.3) is 0 Å². The Hall–Kier alpha value is -9.12. The number of hydrogen-bond donors (Lipinski definition) is 0. The SMILES string of the molecule is c1ccc(-c2ccc(N(c3ccc(-c4ccccc4)cc3)c3ccc(N(c4ccc(-c5ccccc5)cc4)c4ccc(-c5ccccc5)cc4)c4nc5c(ccc6ccccc65)nc34)cc2)cc1. The predicted octanol–water partition coefficient (Wildman–Crippen LogP) is 17.5. The molecule has 12 rings (SSSR count). The van der Waals surface area contributed by atoms with Crippen molar-refractivity contribution in [3.63, 3.8) is 0 Å². The number of anilines is 6. The van der Waals surface area contributed by atoms with Gasteiger partial charge in [0.2, 0.25) is 0 Å².